The largest absolute Gasteiger partial charge is 0.497 e. The highest BCUT2D eigenvalue weighted by atomic mass is 16.5. The van der Waals surface area contributed by atoms with Gasteiger partial charge in [0.05, 0.1) is 12.7 Å². The van der Waals surface area contributed by atoms with E-state index in [2.05, 4.69) is 41.3 Å². The monoisotopic (exact) mass is 408 g/mol. The van der Waals surface area contributed by atoms with Gasteiger partial charge in [-0.25, -0.2) is 0 Å². The molecule has 2 saturated heterocycles. The van der Waals surface area contributed by atoms with E-state index < -0.39 is 0 Å². The highest BCUT2D eigenvalue weighted by Gasteiger charge is 2.40. The molecule has 0 N–H and O–H groups in total. The van der Waals surface area contributed by atoms with Crippen molar-refractivity contribution in [3.63, 3.8) is 0 Å². The summed E-state index contributed by atoms with van der Waals surface area (Å²) in [6.07, 6.45) is 3.97. The van der Waals surface area contributed by atoms with E-state index >= 15 is 0 Å². The molecule has 1 atom stereocenters. The number of nitrogens with zero attached hydrogens (tertiary/aromatic N) is 2. The van der Waals surface area contributed by atoms with E-state index in [1.54, 1.807) is 7.11 Å². The quantitative estimate of drug-likeness (QED) is 0.733. The van der Waals surface area contributed by atoms with Gasteiger partial charge in [0.15, 0.2) is 0 Å². The Morgan fingerprint density at radius 1 is 1.00 bits per heavy atom. The van der Waals surface area contributed by atoms with E-state index in [0.717, 1.165) is 64.2 Å². The number of benzene rings is 2. The highest BCUT2D eigenvalue weighted by molar-refractivity contribution is 5.78. The number of carbonyl (C=O) groups excluding carboxylic acids is 1. The van der Waals surface area contributed by atoms with Gasteiger partial charge in [0.25, 0.3) is 0 Å². The van der Waals surface area contributed by atoms with Crippen molar-refractivity contribution in [1.29, 1.82) is 0 Å². The third kappa shape index (κ3) is 5.21. The van der Waals surface area contributed by atoms with Crippen LogP contribution in [-0.4, -0.2) is 61.2 Å². The lowest BCUT2D eigenvalue weighted by Gasteiger charge is -2.42. The third-order valence-corrected chi connectivity index (χ3v) is 6.40. The Hall–Kier alpha value is -2.37. The molecular weight excluding hydrogens is 376 g/mol. The summed E-state index contributed by atoms with van der Waals surface area (Å²) in [5.74, 6) is 1.01. The Kier molecular flexibility index (Phi) is 6.70. The molecule has 2 aliphatic heterocycles. The number of morpholine rings is 1. The van der Waals surface area contributed by atoms with E-state index in [9.17, 15) is 4.79 Å². The minimum Gasteiger partial charge on any atom is -0.497 e. The normalized spacial score (nSPS) is 22.8. The molecule has 4 rings (SSSR count). The van der Waals surface area contributed by atoms with Gasteiger partial charge in [-0.1, -0.05) is 42.5 Å². The molecule has 1 unspecified atom stereocenters. The first kappa shape index (κ1) is 20.9. The summed E-state index contributed by atoms with van der Waals surface area (Å²) in [5, 5.41) is 0. The fourth-order valence-electron chi connectivity index (χ4n) is 4.57. The lowest BCUT2D eigenvalue weighted by molar-refractivity contribution is -0.165. The molecule has 5 nitrogen and oxygen atoms in total. The Labute approximate surface area is 179 Å². The maximum atomic E-state index is 12.5. The van der Waals surface area contributed by atoms with Crippen LogP contribution >= 0.6 is 0 Å². The van der Waals surface area contributed by atoms with E-state index in [1.807, 2.05) is 23.1 Å². The van der Waals surface area contributed by atoms with Crippen molar-refractivity contribution in [3.8, 4) is 5.75 Å². The number of likely N-dealkylation sites (tertiary alicyclic amines) is 1. The van der Waals surface area contributed by atoms with Crippen molar-refractivity contribution in [3.05, 3.63) is 65.7 Å². The molecule has 1 spiro atoms. The Balaban J connectivity index is 1.33. The van der Waals surface area contributed by atoms with Gasteiger partial charge in [-0.3, -0.25) is 9.69 Å². The van der Waals surface area contributed by atoms with Crippen LogP contribution in [0.5, 0.6) is 5.75 Å². The number of amides is 1. The smallest absolute Gasteiger partial charge is 0.248 e. The van der Waals surface area contributed by atoms with Gasteiger partial charge in [0.2, 0.25) is 5.91 Å². The first-order valence-corrected chi connectivity index (χ1v) is 11.0. The third-order valence-electron chi connectivity index (χ3n) is 6.40. The lowest BCUT2D eigenvalue weighted by Crippen LogP contribution is -2.55. The number of methoxy groups -OCH3 is 1. The van der Waals surface area contributed by atoms with Gasteiger partial charge in [0.1, 0.15) is 12.4 Å². The van der Waals surface area contributed by atoms with Crippen molar-refractivity contribution >= 4 is 5.91 Å². The molecule has 160 valence electrons. The van der Waals surface area contributed by atoms with Crippen LogP contribution in [0.1, 0.15) is 30.4 Å². The van der Waals surface area contributed by atoms with Gasteiger partial charge in [-0.2, -0.15) is 0 Å². The molecule has 0 aromatic heterocycles. The standard InChI is InChI=1S/C25H32N2O3/c1-29-23-10-8-22(9-11-23)18-26-15-5-13-25(14-17-26)20-27(24(28)19-30-25)16-12-21-6-3-2-4-7-21/h2-4,6-11H,5,12-20H2,1H3. The second-order valence-corrected chi connectivity index (χ2v) is 8.50. The van der Waals surface area contributed by atoms with Gasteiger partial charge >= 0.3 is 0 Å². The molecule has 1 amide bonds. The molecule has 2 aliphatic rings. The number of hydrogen-bond acceptors (Lipinski definition) is 4. The van der Waals surface area contributed by atoms with Crippen LogP contribution in [0.2, 0.25) is 0 Å². The maximum Gasteiger partial charge on any atom is 0.248 e. The van der Waals surface area contributed by atoms with Crippen LogP contribution < -0.4 is 4.74 Å². The number of ether oxygens (including phenoxy) is 2. The zero-order valence-electron chi connectivity index (χ0n) is 17.9. The van der Waals surface area contributed by atoms with Crippen molar-refractivity contribution < 1.29 is 14.3 Å². The Bertz CT molecular complexity index is 824. The zero-order valence-corrected chi connectivity index (χ0v) is 17.9. The predicted molar refractivity (Wildman–Crippen MR) is 118 cm³/mol. The summed E-state index contributed by atoms with van der Waals surface area (Å²) < 4.78 is 11.4. The van der Waals surface area contributed by atoms with E-state index in [4.69, 9.17) is 9.47 Å². The summed E-state index contributed by atoms with van der Waals surface area (Å²) in [6, 6.07) is 18.7. The minimum absolute atomic E-state index is 0.121. The molecule has 0 radical (unpaired) electrons. The molecule has 0 aliphatic carbocycles. The SMILES string of the molecule is COc1ccc(CN2CCCC3(CC2)CN(CCc2ccccc2)C(=O)CO3)cc1. The van der Waals surface area contributed by atoms with Crippen molar-refractivity contribution in [2.24, 2.45) is 0 Å². The minimum atomic E-state index is -0.195. The summed E-state index contributed by atoms with van der Waals surface area (Å²) in [7, 11) is 1.70. The summed E-state index contributed by atoms with van der Waals surface area (Å²) in [4.78, 5) is 17.0. The number of rotatable bonds is 6. The maximum absolute atomic E-state index is 12.5. The first-order valence-electron chi connectivity index (χ1n) is 11.0. The fourth-order valence-corrected chi connectivity index (χ4v) is 4.57. The van der Waals surface area contributed by atoms with Crippen molar-refractivity contribution in [2.45, 2.75) is 37.8 Å². The van der Waals surface area contributed by atoms with Crippen LogP contribution in [0, 0.1) is 0 Å². The zero-order chi connectivity index (χ0) is 20.8. The summed E-state index contributed by atoms with van der Waals surface area (Å²) in [5.41, 5.74) is 2.38. The second kappa shape index (κ2) is 9.63. The van der Waals surface area contributed by atoms with Crippen LogP contribution in [0.3, 0.4) is 0 Å². The molecule has 0 bridgehead atoms. The highest BCUT2D eigenvalue weighted by Crippen LogP contribution is 2.31. The predicted octanol–water partition coefficient (Wildman–Crippen LogP) is 3.52. The van der Waals surface area contributed by atoms with Gasteiger partial charge in [-0.15, -0.1) is 0 Å². The van der Waals surface area contributed by atoms with Crippen LogP contribution in [0.4, 0.5) is 0 Å². The molecular formula is C25H32N2O3. The van der Waals surface area contributed by atoms with E-state index in [-0.39, 0.29) is 18.1 Å². The van der Waals surface area contributed by atoms with Crippen molar-refractivity contribution in [2.75, 3.05) is 39.9 Å². The fraction of sp³-hybridized carbons (Fsp3) is 0.480. The molecule has 5 heteroatoms. The second-order valence-electron chi connectivity index (χ2n) is 8.50. The molecule has 2 aromatic carbocycles. The first-order chi connectivity index (χ1) is 14.7. The molecule has 2 aromatic rings. The average Bonchev–Trinajstić information content (AvgIpc) is 2.98. The van der Waals surface area contributed by atoms with E-state index in [0.29, 0.717) is 0 Å². The van der Waals surface area contributed by atoms with Crippen LogP contribution in [0.25, 0.3) is 0 Å². The molecule has 0 saturated carbocycles. The molecule has 30 heavy (non-hydrogen) atoms. The Morgan fingerprint density at radius 3 is 2.57 bits per heavy atom. The average molecular weight is 409 g/mol. The van der Waals surface area contributed by atoms with Gasteiger partial charge in [-0.05, 0) is 55.5 Å². The summed E-state index contributed by atoms with van der Waals surface area (Å²) >= 11 is 0. The molecule has 2 heterocycles. The number of carbonyl (C=O) groups is 1. The van der Waals surface area contributed by atoms with Crippen LogP contribution in [0.15, 0.2) is 54.6 Å². The summed E-state index contributed by atoms with van der Waals surface area (Å²) in [6.45, 7) is 4.70. The van der Waals surface area contributed by atoms with E-state index in [1.165, 1.54) is 11.1 Å². The molecule has 2 fully saturated rings. The van der Waals surface area contributed by atoms with Gasteiger partial charge in [0, 0.05) is 26.2 Å². The topological polar surface area (TPSA) is 42.0 Å². The Morgan fingerprint density at radius 2 is 1.80 bits per heavy atom. The number of hydrogen-bond donors (Lipinski definition) is 0. The van der Waals surface area contributed by atoms with Gasteiger partial charge < -0.3 is 14.4 Å². The lowest BCUT2D eigenvalue weighted by atomic mass is 9.92. The van der Waals surface area contributed by atoms with Crippen LogP contribution in [-0.2, 0) is 22.5 Å². The van der Waals surface area contributed by atoms with Crippen molar-refractivity contribution in [1.82, 2.24) is 9.80 Å².